The van der Waals surface area contributed by atoms with E-state index < -0.39 is 0 Å². The van der Waals surface area contributed by atoms with Gasteiger partial charge in [0, 0.05) is 59.0 Å². The Hall–Kier alpha value is -0.850. The molecule has 2 aliphatic heterocycles. The van der Waals surface area contributed by atoms with Crippen LogP contribution in [-0.2, 0) is 4.74 Å². The summed E-state index contributed by atoms with van der Waals surface area (Å²) >= 11 is 0. The molecule has 2 atom stereocenters. The van der Waals surface area contributed by atoms with E-state index in [-0.39, 0.29) is 0 Å². The van der Waals surface area contributed by atoms with Crippen molar-refractivity contribution in [2.75, 3.05) is 65.5 Å². The second-order valence-corrected chi connectivity index (χ2v) is 7.08. The maximum absolute atomic E-state index is 5.67. The maximum atomic E-state index is 5.67. The van der Waals surface area contributed by atoms with Gasteiger partial charge in [-0.3, -0.25) is 4.99 Å². The smallest absolute Gasteiger partial charge is 0.191 e. The standard InChI is InChI=1S/C18H37N5O/c1-4-19-18(21-14-17-7-6-12-24-17)20-13-16(3)15-23-10-8-22(5-2)9-11-23/h16-17H,4-15H2,1-3H3,(H2,19,20,21). The Morgan fingerprint density at radius 3 is 2.54 bits per heavy atom. The van der Waals surface area contributed by atoms with Crippen LogP contribution in [0.15, 0.2) is 4.99 Å². The number of piperazine rings is 1. The highest BCUT2D eigenvalue weighted by atomic mass is 16.5. The van der Waals surface area contributed by atoms with Crippen LogP contribution in [0, 0.1) is 5.92 Å². The first-order valence-corrected chi connectivity index (χ1v) is 9.79. The molecule has 0 radical (unpaired) electrons. The molecule has 0 aromatic carbocycles. The van der Waals surface area contributed by atoms with E-state index >= 15 is 0 Å². The third-order valence-corrected chi connectivity index (χ3v) is 4.91. The number of aliphatic imine (C=N–C) groups is 1. The van der Waals surface area contributed by atoms with Gasteiger partial charge >= 0.3 is 0 Å². The minimum Gasteiger partial charge on any atom is -0.376 e. The van der Waals surface area contributed by atoms with Gasteiger partial charge in [0.05, 0.1) is 6.10 Å². The van der Waals surface area contributed by atoms with Crippen molar-refractivity contribution in [1.82, 2.24) is 20.4 Å². The van der Waals surface area contributed by atoms with Gasteiger partial charge in [-0.25, -0.2) is 0 Å². The van der Waals surface area contributed by atoms with Crippen LogP contribution in [0.25, 0.3) is 0 Å². The third kappa shape index (κ3) is 6.95. The van der Waals surface area contributed by atoms with Crippen LogP contribution in [0.1, 0.15) is 33.6 Å². The van der Waals surface area contributed by atoms with E-state index in [4.69, 9.17) is 9.73 Å². The van der Waals surface area contributed by atoms with Crippen LogP contribution < -0.4 is 10.6 Å². The lowest BCUT2D eigenvalue weighted by molar-refractivity contribution is 0.113. The fraction of sp³-hybridized carbons (Fsp3) is 0.944. The lowest BCUT2D eigenvalue weighted by Gasteiger charge is -2.35. The molecule has 0 aromatic heterocycles. The number of ether oxygens (including phenoxy) is 1. The number of nitrogens with one attached hydrogen (secondary N) is 2. The number of rotatable bonds is 8. The zero-order valence-corrected chi connectivity index (χ0v) is 15.9. The van der Waals surface area contributed by atoms with E-state index in [1.54, 1.807) is 0 Å². The summed E-state index contributed by atoms with van der Waals surface area (Å²) in [5, 5.41) is 6.77. The Kier molecular flexibility index (Phi) is 8.84. The topological polar surface area (TPSA) is 52.1 Å². The molecule has 6 nitrogen and oxygen atoms in total. The minimum absolute atomic E-state index is 0.348. The van der Waals surface area contributed by atoms with E-state index in [0.29, 0.717) is 12.0 Å². The summed E-state index contributed by atoms with van der Waals surface area (Å²) < 4.78 is 5.67. The summed E-state index contributed by atoms with van der Waals surface area (Å²) in [7, 11) is 0. The second-order valence-electron chi connectivity index (χ2n) is 7.08. The first-order chi connectivity index (χ1) is 11.7. The molecule has 0 aromatic rings. The molecule has 0 saturated carbocycles. The van der Waals surface area contributed by atoms with Crippen molar-refractivity contribution in [2.24, 2.45) is 10.9 Å². The van der Waals surface area contributed by atoms with Gasteiger partial charge in [0.2, 0.25) is 0 Å². The highest BCUT2D eigenvalue weighted by molar-refractivity contribution is 5.79. The molecule has 2 saturated heterocycles. The lowest BCUT2D eigenvalue weighted by Crippen LogP contribution is -2.47. The van der Waals surface area contributed by atoms with E-state index in [2.05, 4.69) is 41.2 Å². The summed E-state index contributed by atoms with van der Waals surface area (Å²) in [6.45, 7) is 17.3. The molecule has 2 unspecified atom stereocenters. The quantitative estimate of drug-likeness (QED) is 0.510. The summed E-state index contributed by atoms with van der Waals surface area (Å²) in [6, 6.07) is 0. The van der Waals surface area contributed by atoms with Gasteiger partial charge in [0.25, 0.3) is 0 Å². The van der Waals surface area contributed by atoms with E-state index in [9.17, 15) is 0 Å². The predicted molar refractivity (Wildman–Crippen MR) is 101 cm³/mol. The van der Waals surface area contributed by atoms with Crippen molar-refractivity contribution in [3.63, 3.8) is 0 Å². The SMILES string of the molecule is CCNC(=NCC(C)CN1CCN(CC)CC1)NCC1CCCO1. The Morgan fingerprint density at radius 2 is 1.92 bits per heavy atom. The minimum atomic E-state index is 0.348. The van der Waals surface area contributed by atoms with Gasteiger partial charge in [-0.15, -0.1) is 0 Å². The summed E-state index contributed by atoms with van der Waals surface area (Å²) in [5.41, 5.74) is 0. The van der Waals surface area contributed by atoms with Gasteiger partial charge in [-0.1, -0.05) is 13.8 Å². The van der Waals surface area contributed by atoms with Crippen molar-refractivity contribution in [1.29, 1.82) is 0 Å². The molecule has 0 spiro atoms. The molecule has 24 heavy (non-hydrogen) atoms. The zero-order valence-electron chi connectivity index (χ0n) is 15.9. The van der Waals surface area contributed by atoms with Crippen LogP contribution in [0.2, 0.25) is 0 Å². The number of nitrogens with zero attached hydrogens (tertiary/aromatic N) is 3. The number of guanidine groups is 1. The molecular weight excluding hydrogens is 302 g/mol. The normalized spacial score (nSPS) is 25.0. The first kappa shape index (κ1) is 19.5. The van der Waals surface area contributed by atoms with Crippen LogP contribution in [-0.4, -0.2) is 87.4 Å². The Bertz CT molecular complexity index is 362. The number of likely N-dealkylation sites (N-methyl/N-ethyl adjacent to an activating group) is 1. The van der Waals surface area contributed by atoms with Gasteiger partial charge in [-0.2, -0.15) is 0 Å². The summed E-state index contributed by atoms with van der Waals surface area (Å²) in [5.74, 6) is 1.51. The molecular formula is C18H37N5O. The average molecular weight is 340 g/mol. The van der Waals surface area contributed by atoms with Crippen molar-refractivity contribution in [2.45, 2.75) is 39.7 Å². The van der Waals surface area contributed by atoms with Crippen LogP contribution >= 0.6 is 0 Å². The maximum Gasteiger partial charge on any atom is 0.191 e. The van der Waals surface area contributed by atoms with Crippen LogP contribution in [0.3, 0.4) is 0 Å². The Labute approximate surface area is 148 Å². The van der Waals surface area contributed by atoms with Crippen molar-refractivity contribution in [3.05, 3.63) is 0 Å². The zero-order chi connectivity index (χ0) is 17.2. The van der Waals surface area contributed by atoms with Crippen LogP contribution in [0.4, 0.5) is 0 Å². The average Bonchev–Trinajstić information content (AvgIpc) is 3.11. The molecule has 0 amide bonds. The molecule has 140 valence electrons. The predicted octanol–water partition coefficient (Wildman–Crippen LogP) is 0.994. The van der Waals surface area contributed by atoms with Gasteiger partial charge in [0.15, 0.2) is 5.96 Å². The molecule has 0 bridgehead atoms. The van der Waals surface area contributed by atoms with Gasteiger partial charge < -0.3 is 25.2 Å². The van der Waals surface area contributed by atoms with Gasteiger partial charge in [-0.05, 0) is 32.2 Å². The van der Waals surface area contributed by atoms with Gasteiger partial charge in [0.1, 0.15) is 0 Å². The van der Waals surface area contributed by atoms with E-state index in [0.717, 1.165) is 45.2 Å². The molecule has 2 N–H and O–H groups in total. The Balaban J connectivity index is 1.69. The van der Waals surface area contributed by atoms with Crippen molar-refractivity contribution in [3.8, 4) is 0 Å². The highest BCUT2D eigenvalue weighted by Crippen LogP contribution is 2.10. The van der Waals surface area contributed by atoms with Crippen molar-refractivity contribution >= 4 is 5.96 Å². The van der Waals surface area contributed by atoms with E-state index in [1.807, 2.05) is 0 Å². The lowest BCUT2D eigenvalue weighted by atomic mass is 10.1. The molecule has 6 heteroatoms. The molecule has 2 rings (SSSR count). The van der Waals surface area contributed by atoms with E-state index in [1.165, 1.54) is 39.1 Å². The fourth-order valence-electron chi connectivity index (χ4n) is 3.39. The fourth-order valence-corrected chi connectivity index (χ4v) is 3.39. The number of hydrogen-bond acceptors (Lipinski definition) is 4. The van der Waals surface area contributed by atoms with Crippen molar-refractivity contribution < 1.29 is 4.74 Å². The second kappa shape index (κ2) is 10.9. The summed E-state index contributed by atoms with van der Waals surface area (Å²) in [4.78, 5) is 9.88. The summed E-state index contributed by atoms with van der Waals surface area (Å²) in [6.07, 6.45) is 2.69. The monoisotopic (exact) mass is 339 g/mol. The molecule has 2 fully saturated rings. The third-order valence-electron chi connectivity index (χ3n) is 4.91. The molecule has 2 aliphatic rings. The first-order valence-electron chi connectivity index (χ1n) is 9.79. The largest absolute Gasteiger partial charge is 0.376 e. The molecule has 0 aliphatic carbocycles. The molecule has 2 heterocycles. The Morgan fingerprint density at radius 1 is 1.17 bits per heavy atom. The van der Waals surface area contributed by atoms with Crippen LogP contribution in [0.5, 0.6) is 0 Å². The highest BCUT2D eigenvalue weighted by Gasteiger charge is 2.18. The number of hydrogen-bond donors (Lipinski definition) is 2.